The number of carbonyl (C=O) groups is 2. The number of amides is 2. The molecule has 2 N–H and O–H groups in total. The largest absolute Gasteiger partial charge is 0.320 e. The smallest absolute Gasteiger partial charge is 0.272 e. The molecule has 2 aromatic carbocycles. The zero-order valence-electron chi connectivity index (χ0n) is 15.7. The molecule has 0 atom stereocenters. The Bertz CT molecular complexity index is 1190. The Labute approximate surface area is 179 Å². The molecule has 1 aromatic heterocycles. The van der Waals surface area contributed by atoms with Crippen LogP contribution in [0.4, 0.5) is 17.1 Å². The molecule has 2 amide bonds. The summed E-state index contributed by atoms with van der Waals surface area (Å²) in [5, 5.41) is 28.6. The van der Waals surface area contributed by atoms with Gasteiger partial charge in [-0.25, -0.2) is 0 Å². The zero-order valence-corrected chi connectivity index (χ0v) is 16.5. The molecule has 0 saturated carbocycles. The molecule has 0 radical (unpaired) electrons. The molecule has 0 aliphatic carbocycles. The van der Waals surface area contributed by atoms with Crippen molar-refractivity contribution in [3.05, 3.63) is 102 Å². The first-order chi connectivity index (χ1) is 14.8. The summed E-state index contributed by atoms with van der Waals surface area (Å²) in [5.74, 6) is -1.29. The minimum absolute atomic E-state index is 0.148. The fraction of sp³-hybridized carbons (Fsp3) is 0. The molecule has 31 heavy (non-hydrogen) atoms. The summed E-state index contributed by atoms with van der Waals surface area (Å²) in [6, 6.07) is 14.1. The number of hydrogen-bond acceptors (Lipinski definition) is 7. The predicted octanol–water partition coefficient (Wildman–Crippen LogP) is 3.97. The van der Waals surface area contributed by atoms with Gasteiger partial charge in [-0.2, -0.15) is 0 Å². The molecule has 0 spiro atoms. The lowest BCUT2D eigenvalue weighted by Gasteiger charge is -2.11. The second-order valence-corrected chi connectivity index (χ2v) is 7.05. The van der Waals surface area contributed by atoms with E-state index >= 15 is 0 Å². The third-order valence-corrected chi connectivity index (χ3v) is 4.81. The highest BCUT2D eigenvalue weighted by Gasteiger charge is 2.17. The van der Waals surface area contributed by atoms with E-state index in [-0.39, 0.29) is 22.8 Å². The van der Waals surface area contributed by atoms with Gasteiger partial charge in [-0.15, -0.1) is 11.3 Å². The van der Waals surface area contributed by atoms with Gasteiger partial charge in [0.05, 0.1) is 14.7 Å². The van der Waals surface area contributed by atoms with E-state index in [4.69, 9.17) is 0 Å². The molecule has 3 rings (SSSR count). The third kappa shape index (κ3) is 5.58. The van der Waals surface area contributed by atoms with Crippen molar-refractivity contribution in [2.75, 3.05) is 5.32 Å². The standard InChI is InChI=1S/C20H14N4O6S/c25-19(21-14-5-2-7-16(12-14)24(29)30)17(22-20(26)18-8-3-9-31-18)11-13-4-1-6-15(10-13)23(27)28/h1-12H,(H,21,25)(H,22,26). The van der Waals surface area contributed by atoms with Gasteiger partial charge in [0.1, 0.15) is 5.70 Å². The highest BCUT2D eigenvalue weighted by Crippen LogP contribution is 2.19. The van der Waals surface area contributed by atoms with Crippen molar-refractivity contribution in [3.63, 3.8) is 0 Å². The van der Waals surface area contributed by atoms with Crippen molar-refractivity contribution < 1.29 is 19.4 Å². The van der Waals surface area contributed by atoms with E-state index in [2.05, 4.69) is 10.6 Å². The number of thiophene rings is 1. The van der Waals surface area contributed by atoms with E-state index in [0.717, 1.165) is 0 Å². The summed E-state index contributed by atoms with van der Waals surface area (Å²) in [5.41, 5.74) is -0.133. The number of nitrogens with one attached hydrogen (secondary N) is 2. The molecule has 10 nitrogen and oxygen atoms in total. The average Bonchev–Trinajstić information content (AvgIpc) is 3.28. The molecule has 156 valence electrons. The molecule has 1 heterocycles. The van der Waals surface area contributed by atoms with Crippen LogP contribution in [0.2, 0.25) is 0 Å². The average molecular weight is 438 g/mol. The highest BCUT2D eigenvalue weighted by atomic mass is 32.1. The monoisotopic (exact) mass is 438 g/mol. The summed E-state index contributed by atoms with van der Waals surface area (Å²) >= 11 is 1.17. The van der Waals surface area contributed by atoms with E-state index in [9.17, 15) is 29.8 Å². The third-order valence-electron chi connectivity index (χ3n) is 3.94. The van der Waals surface area contributed by atoms with Gasteiger partial charge >= 0.3 is 0 Å². The Morgan fingerprint density at radius 2 is 1.58 bits per heavy atom. The number of anilines is 1. The van der Waals surface area contributed by atoms with Crippen LogP contribution in [-0.2, 0) is 4.79 Å². The van der Waals surface area contributed by atoms with Gasteiger partial charge in [0, 0.05) is 30.0 Å². The lowest BCUT2D eigenvalue weighted by molar-refractivity contribution is -0.385. The van der Waals surface area contributed by atoms with Crippen LogP contribution in [-0.4, -0.2) is 21.7 Å². The second-order valence-electron chi connectivity index (χ2n) is 6.10. The van der Waals surface area contributed by atoms with E-state index < -0.39 is 21.7 Å². The Morgan fingerprint density at radius 3 is 2.23 bits per heavy atom. The SMILES string of the molecule is O=C(Nc1cccc([N+](=O)[O-])c1)C(=Cc1cccc([N+](=O)[O-])c1)NC(=O)c1cccs1. The fourth-order valence-corrected chi connectivity index (χ4v) is 3.16. The first kappa shape index (κ1) is 21.3. The Morgan fingerprint density at radius 1 is 0.903 bits per heavy atom. The quantitative estimate of drug-likeness (QED) is 0.324. The van der Waals surface area contributed by atoms with Crippen LogP contribution < -0.4 is 10.6 Å². The molecule has 0 fully saturated rings. The number of nitro groups is 2. The van der Waals surface area contributed by atoms with Gasteiger partial charge in [-0.05, 0) is 29.2 Å². The van der Waals surface area contributed by atoms with Crippen LogP contribution in [0.15, 0.2) is 71.7 Å². The first-order valence-electron chi connectivity index (χ1n) is 8.70. The van der Waals surface area contributed by atoms with Gasteiger partial charge in [0.2, 0.25) is 0 Å². The maximum atomic E-state index is 12.8. The minimum atomic E-state index is -0.753. The maximum absolute atomic E-state index is 12.8. The number of rotatable bonds is 7. The normalized spacial score (nSPS) is 10.9. The van der Waals surface area contributed by atoms with Crippen molar-refractivity contribution in [1.29, 1.82) is 0 Å². The predicted molar refractivity (Wildman–Crippen MR) is 115 cm³/mol. The Hall–Kier alpha value is -4.38. The zero-order chi connectivity index (χ0) is 22.4. The highest BCUT2D eigenvalue weighted by molar-refractivity contribution is 7.12. The topological polar surface area (TPSA) is 144 Å². The summed E-state index contributed by atoms with van der Waals surface area (Å²) in [7, 11) is 0. The van der Waals surface area contributed by atoms with Crippen LogP contribution in [0.5, 0.6) is 0 Å². The van der Waals surface area contributed by atoms with Crippen molar-refractivity contribution >= 4 is 46.3 Å². The molecule has 3 aromatic rings. The Kier molecular flexibility index (Phi) is 6.48. The molecule has 0 aliphatic heterocycles. The van der Waals surface area contributed by atoms with Crippen LogP contribution in [0, 0.1) is 20.2 Å². The lowest BCUT2D eigenvalue weighted by Crippen LogP contribution is -2.30. The van der Waals surface area contributed by atoms with Gasteiger partial charge in [0.15, 0.2) is 0 Å². The molecular formula is C20H14N4O6S. The number of benzene rings is 2. The van der Waals surface area contributed by atoms with Gasteiger partial charge < -0.3 is 10.6 Å². The van der Waals surface area contributed by atoms with E-state index in [1.54, 1.807) is 17.5 Å². The number of non-ortho nitro benzene ring substituents is 2. The van der Waals surface area contributed by atoms with Crippen molar-refractivity contribution in [2.24, 2.45) is 0 Å². The Balaban J connectivity index is 1.93. The van der Waals surface area contributed by atoms with Crippen LogP contribution >= 0.6 is 11.3 Å². The maximum Gasteiger partial charge on any atom is 0.272 e. The molecule has 0 unspecified atom stereocenters. The van der Waals surface area contributed by atoms with Crippen molar-refractivity contribution in [1.82, 2.24) is 5.32 Å². The van der Waals surface area contributed by atoms with E-state index in [1.165, 1.54) is 65.9 Å². The number of nitrogens with zero attached hydrogens (tertiary/aromatic N) is 2. The lowest BCUT2D eigenvalue weighted by atomic mass is 10.1. The van der Waals surface area contributed by atoms with E-state index in [1.807, 2.05) is 0 Å². The van der Waals surface area contributed by atoms with Crippen LogP contribution in [0.1, 0.15) is 15.2 Å². The summed E-state index contributed by atoms with van der Waals surface area (Å²) in [6.07, 6.45) is 1.28. The van der Waals surface area contributed by atoms with E-state index in [0.29, 0.717) is 10.4 Å². The molecule has 0 bridgehead atoms. The van der Waals surface area contributed by atoms with Crippen LogP contribution in [0.3, 0.4) is 0 Å². The number of carbonyl (C=O) groups excluding carboxylic acids is 2. The molecule has 0 saturated heterocycles. The van der Waals surface area contributed by atoms with Crippen molar-refractivity contribution in [3.8, 4) is 0 Å². The number of nitro benzene ring substituents is 2. The number of hydrogen-bond donors (Lipinski definition) is 2. The van der Waals surface area contributed by atoms with Crippen LogP contribution in [0.25, 0.3) is 6.08 Å². The van der Waals surface area contributed by atoms with Crippen molar-refractivity contribution in [2.45, 2.75) is 0 Å². The summed E-state index contributed by atoms with van der Waals surface area (Å²) in [4.78, 5) is 46.4. The molecular weight excluding hydrogens is 424 g/mol. The second kappa shape index (κ2) is 9.41. The first-order valence-corrected chi connectivity index (χ1v) is 9.58. The summed E-state index contributed by atoms with van der Waals surface area (Å²) in [6.45, 7) is 0. The summed E-state index contributed by atoms with van der Waals surface area (Å²) < 4.78 is 0. The minimum Gasteiger partial charge on any atom is -0.320 e. The van der Waals surface area contributed by atoms with Gasteiger partial charge in [-0.1, -0.05) is 24.3 Å². The van der Waals surface area contributed by atoms with Gasteiger partial charge in [0.25, 0.3) is 23.2 Å². The fourth-order valence-electron chi connectivity index (χ4n) is 2.54. The molecule has 11 heteroatoms. The van der Waals surface area contributed by atoms with Gasteiger partial charge in [-0.3, -0.25) is 29.8 Å². The molecule has 0 aliphatic rings.